The Morgan fingerprint density at radius 1 is 0.800 bits per heavy atom. The molecule has 0 atom stereocenters. The van der Waals surface area contributed by atoms with E-state index in [9.17, 15) is 0 Å². The lowest BCUT2D eigenvalue weighted by molar-refractivity contribution is 0.581. The van der Waals surface area contributed by atoms with Gasteiger partial charge in [-0.2, -0.15) is 0 Å². The number of benzene rings is 2. The summed E-state index contributed by atoms with van der Waals surface area (Å²) in [6, 6.07) is 19.1. The molecule has 0 spiro atoms. The Bertz CT molecular complexity index is 963. The van der Waals surface area contributed by atoms with Crippen molar-refractivity contribution in [3.8, 4) is 11.3 Å². The van der Waals surface area contributed by atoms with E-state index in [1.165, 1.54) is 48.7 Å². The van der Waals surface area contributed by atoms with Crippen molar-refractivity contribution in [2.45, 2.75) is 45.6 Å². The van der Waals surface area contributed by atoms with Crippen molar-refractivity contribution in [2.75, 3.05) is 0 Å². The number of aromatic nitrogens is 3. The van der Waals surface area contributed by atoms with E-state index >= 15 is 0 Å². The number of fused-ring (bicyclic) bond motifs is 3. The summed E-state index contributed by atoms with van der Waals surface area (Å²) in [5.74, 6) is 1.05. The van der Waals surface area contributed by atoms with E-state index < -0.39 is 0 Å². The summed E-state index contributed by atoms with van der Waals surface area (Å²) in [4.78, 5) is 4.96. The lowest BCUT2D eigenvalue weighted by Gasteiger charge is -2.05. The predicted molar refractivity (Wildman–Crippen MR) is 105 cm³/mol. The Labute approximate surface area is 148 Å². The van der Waals surface area contributed by atoms with Gasteiger partial charge in [-0.25, -0.2) is 4.98 Å². The minimum Gasteiger partial charge on any atom is -0.310 e. The Morgan fingerprint density at radius 3 is 2.32 bits per heavy atom. The number of unbranched alkanes of at least 4 members (excludes halogenated alkanes) is 4. The fraction of sp³-hybridized carbons (Fsp3) is 0.318. The lowest BCUT2D eigenvalue weighted by atomic mass is 10.1. The van der Waals surface area contributed by atoms with Crippen LogP contribution in [0.2, 0.25) is 0 Å². The number of hydrogen-bond acceptors (Lipinski definition) is 1. The zero-order chi connectivity index (χ0) is 17.1. The SMILES string of the molecule is CCCCCCCn1c2ccccc2n2cc(-c3ccccc3)nc12. The number of nitrogens with zero attached hydrogens (tertiary/aromatic N) is 3. The number of hydrogen-bond donors (Lipinski definition) is 0. The standard InChI is InChI=1S/C22H25N3/c1-2-3-4-5-11-16-24-20-14-9-10-15-21(20)25-17-19(23-22(24)25)18-12-7-6-8-13-18/h6-10,12-15,17H,2-5,11,16H2,1H3. The zero-order valence-electron chi connectivity index (χ0n) is 14.9. The molecule has 0 unspecified atom stereocenters. The monoisotopic (exact) mass is 331 g/mol. The topological polar surface area (TPSA) is 22.2 Å². The van der Waals surface area contributed by atoms with E-state index in [0.717, 1.165) is 18.0 Å². The normalized spacial score (nSPS) is 11.6. The van der Waals surface area contributed by atoms with Gasteiger partial charge in [0.25, 0.3) is 0 Å². The van der Waals surface area contributed by atoms with Gasteiger partial charge >= 0.3 is 0 Å². The highest BCUT2D eigenvalue weighted by Crippen LogP contribution is 2.26. The Hall–Kier alpha value is -2.55. The Kier molecular flexibility index (Phi) is 4.55. The molecule has 128 valence electrons. The summed E-state index contributed by atoms with van der Waals surface area (Å²) in [5.41, 5.74) is 4.73. The molecule has 25 heavy (non-hydrogen) atoms. The first-order chi connectivity index (χ1) is 12.4. The Balaban J connectivity index is 1.72. The van der Waals surface area contributed by atoms with Crippen molar-refractivity contribution in [2.24, 2.45) is 0 Å². The molecular weight excluding hydrogens is 306 g/mol. The first kappa shape index (κ1) is 15.9. The van der Waals surface area contributed by atoms with E-state index in [2.05, 4.69) is 70.6 Å². The Morgan fingerprint density at radius 2 is 1.52 bits per heavy atom. The minimum absolute atomic E-state index is 1.03. The third-order valence-electron chi connectivity index (χ3n) is 4.92. The van der Waals surface area contributed by atoms with Gasteiger partial charge < -0.3 is 4.57 Å². The van der Waals surface area contributed by atoms with E-state index in [1.54, 1.807) is 0 Å². The van der Waals surface area contributed by atoms with Crippen LogP contribution in [0.1, 0.15) is 39.0 Å². The summed E-state index contributed by atoms with van der Waals surface area (Å²) in [6.07, 6.45) is 8.62. The van der Waals surface area contributed by atoms with Crippen LogP contribution in [0.15, 0.2) is 60.8 Å². The summed E-state index contributed by atoms with van der Waals surface area (Å²) >= 11 is 0. The van der Waals surface area contributed by atoms with Crippen molar-refractivity contribution < 1.29 is 0 Å². The number of rotatable bonds is 7. The van der Waals surface area contributed by atoms with E-state index in [1.807, 2.05) is 6.07 Å². The van der Waals surface area contributed by atoms with Crippen molar-refractivity contribution in [3.63, 3.8) is 0 Å². The molecule has 0 aliphatic heterocycles. The number of para-hydroxylation sites is 2. The lowest BCUT2D eigenvalue weighted by Crippen LogP contribution is -1.99. The fourth-order valence-electron chi connectivity index (χ4n) is 3.58. The minimum atomic E-state index is 1.03. The summed E-state index contributed by atoms with van der Waals surface area (Å²) in [6.45, 7) is 3.30. The van der Waals surface area contributed by atoms with Crippen LogP contribution in [0.5, 0.6) is 0 Å². The average molecular weight is 331 g/mol. The molecule has 0 N–H and O–H groups in total. The van der Waals surface area contributed by atoms with Crippen molar-refractivity contribution in [3.05, 3.63) is 60.8 Å². The van der Waals surface area contributed by atoms with Crippen molar-refractivity contribution in [1.29, 1.82) is 0 Å². The van der Waals surface area contributed by atoms with Gasteiger partial charge in [-0.05, 0) is 18.6 Å². The molecule has 0 amide bonds. The molecule has 0 saturated heterocycles. The van der Waals surface area contributed by atoms with E-state index in [-0.39, 0.29) is 0 Å². The summed E-state index contributed by atoms with van der Waals surface area (Å²) in [5, 5.41) is 0. The van der Waals surface area contributed by atoms with Gasteiger partial charge in [-0.3, -0.25) is 4.40 Å². The van der Waals surface area contributed by atoms with Crippen LogP contribution in [0, 0.1) is 0 Å². The van der Waals surface area contributed by atoms with Crippen LogP contribution < -0.4 is 0 Å². The molecule has 0 radical (unpaired) electrons. The van der Waals surface area contributed by atoms with Crippen LogP contribution in [-0.2, 0) is 6.54 Å². The first-order valence-corrected chi connectivity index (χ1v) is 9.40. The second kappa shape index (κ2) is 7.14. The highest BCUT2D eigenvalue weighted by Gasteiger charge is 2.14. The van der Waals surface area contributed by atoms with Gasteiger partial charge in [0.05, 0.1) is 16.7 Å². The molecule has 0 aliphatic rings. The third kappa shape index (κ3) is 3.07. The molecule has 4 aromatic rings. The maximum Gasteiger partial charge on any atom is 0.215 e. The molecule has 2 heterocycles. The average Bonchev–Trinajstić information content (AvgIpc) is 3.21. The van der Waals surface area contributed by atoms with Crippen LogP contribution in [0.3, 0.4) is 0 Å². The van der Waals surface area contributed by atoms with Gasteiger partial charge in [-0.15, -0.1) is 0 Å². The first-order valence-electron chi connectivity index (χ1n) is 9.40. The molecule has 3 heteroatoms. The predicted octanol–water partition coefficient (Wildman–Crippen LogP) is 5.93. The van der Waals surface area contributed by atoms with E-state index in [4.69, 9.17) is 4.98 Å². The maximum atomic E-state index is 4.96. The van der Waals surface area contributed by atoms with Gasteiger partial charge in [0.15, 0.2) is 0 Å². The fourth-order valence-corrected chi connectivity index (χ4v) is 3.58. The maximum absolute atomic E-state index is 4.96. The van der Waals surface area contributed by atoms with Gasteiger partial charge in [0, 0.05) is 18.3 Å². The van der Waals surface area contributed by atoms with Gasteiger partial charge in [0.2, 0.25) is 5.78 Å². The second-order valence-electron chi connectivity index (χ2n) is 6.72. The van der Waals surface area contributed by atoms with Crippen molar-refractivity contribution in [1.82, 2.24) is 14.0 Å². The molecule has 3 nitrogen and oxygen atoms in total. The quantitative estimate of drug-likeness (QED) is 0.385. The molecule has 0 fully saturated rings. The molecule has 4 rings (SSSR count). The highest BCUT2D eigenvalue weighted by molar-refractivity contribution is 5.82. The third-order valence-corrected chi connectivity index (χ3v) is 4.92. The van der Waals surface area contributed by atoms with Crippen molar-refractivity contribution >= 4 is 16.8 Å². The van der Waals surface area contributed by atoms with E-state index in [0.29, 0.717) is 0 Å². The molecule has 0 aliphatic carbocycles. The molecule has 0 saturated carbocycles. The smallest absolute Gasteiger partial charge is 0.215 e. The number of imidazole rings is 2. The largest absolute Gasteiger partial charge is 0.310 e. The molecule has 2 aromatic heterocycles. The molecule has 2 aromatic carbocycles. The summed E-state index contributed by atoms with van der Waals surface area (Å²) < 4.78 is 4.62. The van der Waals surface area contributed by atoms with Crippen LogP contribution in [0.25, 0.3) is 28.1 Å². The number of aryl methyl sites for hydroxylation is 1. The van der Waals surface area contributed by atoms with Crippen LogP contribution in [-0.4, -0.2) is 14.0 Å². The summed E-state index contributed by atoms with van der Waals surface area (Å²) in [7, 11) is 0. The zero-order valence-corrected chi connectivity index (χ0v) is 14.9. The molecular formula is C22H25N3. The van der Waals surface area contributed by atoms with Gasteiger partial charge in [-0.1, -0.05) is 75.1 Å². The second-order valence-corrected chi connectivity index (χ2v) is 6.72. The molecule has 0 bridgehead atoms. The highest BCUT2D eigenvalue weighted by atomic mass is 15.2. The van der Waals surface area contributed by atoms with Crippen LogP contribution in [0.4, 0.5) is 0 Å². The van der Waals surface area contributed by atoms with Crippen LogP contribution >= 0.6 is 0 Å². The van der Waals surface area contributed by atoms with Gasteiger partial charge in [0.1, 0.15) is 0 Å².